The van der Waals surface area contributed by atoms with E-state index >= 15 is 0 Å². The van der Waals surface area contributed by atoms with Crippen LogP contribution in [0.5, 0.6) is 11.5 Å². The van der Waals surface area contributed by atoms with Crippen molar-refractivity contribution in [1.82, 2.24) is 10.2 Å². The summed E-state index contributed by atoms with van der Waals surface area (Å²) in [5.74, 6) is 1.48. The van der Waals surface area contributed by atoms with Crippen molar-refractivity contribution in [2.24, 2.45) is 0 Å². The number of hydrogen-bond acceptors (Lipinski definition) is 4. The number of benzene rings is 1. The lowest BCUT2D eigenvalue weighted by Gasteiger charge is -2.43. The topological polar surface area (TPSA) is 50.8 Å². The molecule has 116 valence electrons. The van der Waals surface area contributed by atoms with E-state index in [4.69, 9.17) is 9.47 Å². The number of nitrogens with zero attached hydrogens (tertiary/aromatic N) is 1. The Morgan fingerprint density at radius 1 is 1.29 bits per heavy atom. The Balaban J connectivity index is 2.12. The van der Waals surface area contributed by atoms with Gasteiger partial charge < -0.3 is 19.7 Å². The van der Waals surface area contributed by atoms with Crippen LogP contribution in [0.3, 0.4) is 0 Å². The molecule has 1 amide bonds. The van der Waals surface area contributed by atoms with Crippen molar-refractivity contribution in [3.05, 3.63) is 23.8 Å². The molecule has 0 aromatic heterocycles. The summed E-state index contributed by atoms with van der Waals surface area (Å²) in [5.41, 5.74) is 0.790. The summed E-state index contributed by atoms with van der Waals surface area (Å²) in [7, 11) is 3.20. The van der Waals surface area contributed by atoms with Crippen molar-refractivity contribution in [2.45, 2.75) is 25.8 Å². The molecule has 1 aliphatic heterocycles. The molecule has 2 rings (SSSR count). The fourth-order valence-electron chi connectivity index (χ4n) is 2.71. The summed E-state index contributed by atoms with van der Waals surface area (Å²) in [5, 5.41) is 3.33. The van der Waals surface area contributed by atoms with E-state index in [2.05, 4.69) is 19.2 Å². The normalized spacial score (nSPS) is 17.4. The lowest BCUT2D eigenvalue weighted by Crippen LogP contribution is -2.60. The molecular formula is C16H24N2O3. The van der Waals surface area contributed by atoms with Crippen LogP contribution in [0.1, 0.15) is 19.4 Å². The molecule has 5 heteroatoms. The molecule has 0 spiro atoms. The number of amides is 1. The molecule has 0 saturated carbocycles. The standard InChI is InChI=1S/C16H24N2O3/c1-16(2)11-17-7-8-18(16)15(19)10-12-5-6-13(20-3)14(9-12)21-4/h5-6,9,17H,7-8,10-11H2,1-4H3. The van der Waals surface area contributed by atoms with Gasteiger partial charge in [-0.1, -0.05) is 6.07 Å². The van der Waals surface area contributed by atoms with Crippen LogP contribution in [0.25, 0.3) is 0 Å². The molecule has 21 heavy (non-hydrogen) atoms. The molecule has 1 heterocycles. The van der Waals surface area contributed by atoms with Gasteiger partial charge in [-0.25, -0.2) is 0 Å². The van der Waals surface area contributed by atoms with E-state index in [1.54, 1.807) is 14.2 Å². The number of rotatable bonds is 4. The van der Waals surface area contributed by atoms with Crippen LogP contribution in [-0.4, -0.2) is 50.2 Å². The molecular weight excluding hydrogens is 268 g/mol. The molecule has 0 radical (unpaired) electrons. The number of carbonyl (C=O) groups is 1. The average molecular weight is 292 g/mol. The summed E-state index contributed by atoms with van der Waals surface area (Å²) in [6.45, 7) is 6.60. The smallest absolute Gasteiger partial charge is 0.227 e. The summed E-state index contributed by atoms with van der Waals surface area (Å²) >= 11 is 0. The lowest BCUT2D eigenvalue weighted by molar-refractivity contribution is -0.136. The second-order valence-electron chi connectivity index (χ2n) is 5.90. The Bertz CT molecular complexity index is 514. The Kier molecular flexibility index (Phi) is 4.73. The van der Waals surface area contributed by atoms with Gasteiger partial charge in [0.05, 0.1) is 20.6 Å². The van der Waals surface area contributed by atoms with E-state index in [-0.39, 0.29) is 11.4 Å². The highest BCUT2D eigenvalue weighted by Crippen LogP contribution is 2.28. The van der Waals surface area contributed by atoms with Crippen molar-refractivity contribution in [3.63, 3.8) is 0 Å². The third-order valence-corrected chi connectivity index (χ3v) is 3.90. The van der Waals surface area contributed by atoms with Gasteiger partial charge >= 0.3 is 0 Å². The van der Waals surface area contributed by atoms with Crippen LogP contribution in [0.15, 0.2) is 18.2 Å². The number of methoxy groups -OCH3 is 2. The van der Waals surface area contributed by atoms with Crippen LogP contribution >= 0.6 is 0 Å². The van der Waals surface area contributed by atoms with E-state index in [1.165, 1.54) is 0 Å². The molecule has 0 aliphatic carbocycles. The van der Waals surface area contributed by atoms with Crippen molar-refractivity contribution < 1.29 is 14.3 Å². The van der Waals surface area contributed by atoms with Gasteiger partial charge in [0.25, 0.3) is 0 Å². The van der Waals surface area contributed by atoms with Crippen LogP contribution in [-0.2, 0) is 11.2 Å². The van der Waals surface area contributed by atoms with Gasteiger partial charge in [-0.2, -0.15) is 0 Å². The maximum absolute atomic E-state index is 12.6. The van der Waals surface area contributed by atoms with Crippen molar-refractivity contribution in [3.8, 4) is 11.5 Å². The fraction of sp³-hybridized carbons (Fsp3) is 0.562. The number of nitrogens with one attached hydrogen (secondary N) is 1. The molecule has 0 unspecified atom stereocenters. The largest absolute Gasteiger partial charge is 0.493 e. The number of ether oxygens (including phenoxy) is 2. The van der Waals surface area contributed by atoms with Gasteiger partial charge in [0.2, 0.25) is 5.91 Å². The first kappa shape index (κ1) is 15.6. The fourth-order valence-corrected chi connectivity index (χ4v) is 2.71. The first-order valence-corrected chi connectivity index (χ1v) is 7.20. The zero-order valence-corrected chi connectivity index (χ0v) is 13.2. The minimum Gasteiger partial charge on any atom is -0.493 e. The Morgan fingerprint density at radius 2 is 2.00 bits per heavy atom. The van der Waals surface area contributed by atoms with Crippen molar-refractivity contribution >= 4 is 5.91 Å². The molecule has 1 saturated heterocycles. The van der Waals surface area contributed by atoms with E-state index in [0.29, 0.717) is 17.9 Å². The number of hydrogen-bond donors (Lipinski definition) is 1. The van der Waals surface area contributed by atoms with Crippen LogP contribution in [0.4, 0.5) is 0 Å². The molecule has 1 fully saturated rings. The Hall–Kier alpha value is -1.75. The Morgan fingerprint density at radius 3 is 2.62 bits per heavy atom. The molecule has 0 bridgehead atoms. The average Bonchev–Trinajstić information content (AvgIpc) is 2.46. The van der Waals surface area contributed by atoms with Gasteiger partial charge in [0, 0.05) is 25.2 Å². The van der Waals surface area contributed by atoms with Gasteiger partial charge in [-0.3, -0.25) is 4.79 Å². The summed E-state index contributed by atoms with van der Waals surface area (Å²) in [4.78, 5) is 14.5. The second kappa shape index (κ2) is 6.35. The van der Waals surface area contributed by atoms with Crippen LogP contribution in [0.2, 0.25) is 0 Å². The van der Waals surface area contributed by atoms with E-state index in [0.717, 1.165) is 25.2 Å². The van der Waals surface area contributed by atoms with Gasteiger partial charge in [0.1, 0.15) is 0 Å². The first-order chi connectivity index (χ1) is 9.97. The van der Waals surface area contributed by atoms with Gasteiger partial charge in [-0.05, 0) is 31.5 Å². The maximum atomic E-state index is 12.6. The van der Waals surface area contributed by atoms with Crippen LogP contribution in [0, 0.1) is 0 Å². The molecule has 0 atom stereocenters. The number of carbonyl (C=O) groups excluding carboxylic acids is 1. The molecule has 1 aromatic rings. The minimum absolute atomic E-state index is 0.147. The van der Waals surface area contributed by atoms with Crippen molar-refractivity contribution in [2.75, 3.05) is 33.9 Å². The predicted molar refractivity (Wildman–Crippen MR) is 81.9 cm³/mol. The summed E-state index contributed by atoms with van der Waals surface area (Å²) < 4.78 is 10.5. The van der Waals surface area contributed by atoms with E-state index in [9.17, 15) is 4.79 Å². The minimum atomic E-state index is -0.147. The highest BCUT2D eigenvalue weighted by molar-refractivity contribution is 5.80. The van der Waals surface area contributed by atoms with Crippen LogP contribution < -0.4 is 14.8 Å². The lowest BCUT2D eigenvalue weighted by atomic mass is 9.98. The summed E-state index contributed by atoms with van der Waals surface area (Å²) in [6, 6.07) is 5.62. The molecule has 5 nitrogen and oxygen atoms in total. The number of piperazine rings is 1. The third-order valence-electron chi connectivity index (χ3n) is 3.90. The predicted octanol–water partition coefficient (Wildman–Crippen LogP) is 1.46. The zero-order chi connectivity index (χ0) is 15.5. The monoisotopic (exact) mass is 292 g/mol. The van der Waals surface area contributed by atoms with Gasteiger partial charge in [-0.15, -0.1) is 0 Å². The Labute approximate surface area is 126 Å². The second-order valence-corrected chi connectivity index (χ2v) is 5.90. The van der Waals surface area contributed by atoms with Crippen molar-refractivity contribution in [1.29, 1.82) is 0 Å². The molecule has 1 N–H and O–H groups in total. The zero-order valence-electron chi connectivity index (χ0n) is 13.2. The van der Waals surface area contributed by atoms with Gasteiger partial charge in [0.15, 0.2) is 11.5 Å². The quantitative estimate of drug-likeness (QED) is 0.913. The highest BCUT2D eigenvalue weighted by Gasteiger charge is 2.32. The molecule has 1 aromatic carbocycles. The van der Waals surface area contributed by atoms with E-state index in [1.807, 2.05) is 23.1 Å². The third kappa shape index (κ3) is 3.47. The maximum Gasteiger partial charge on any atom is 0.227 e. The summed E-state index contributed by atoms with van der Waals surface area (Å²) in [6.07, 6.45) is 0.379. The first-order valence-electron chi connectivity index (χ1n) is 7.20. The molecule has 1 aliphatic rings. The SMILES string of the molecule is COc1ccc(CC(=O)N2CCNCC2(C)C)cc1OC. The highest BCUT2D eigenvalue weighted by atomic mass is 16.5. The van der Waals surface area contributed by atoms with E-state index < -0.39 is 0 Å².